The third kappa shape index (κ3) is 3.87. The molecule has 5 nitrogen and oxygen atoms in total. The molecule has 5 heteroatoms. The smallest absolute Gasteiger partial charge is 0.236 e. The molecule has 0 aliphatic carbocycles. The zero-order valence-electron chi connectivity index (χ0n) is 11.9. The molecular weight excluding hydrogens is 256 g/mol. The number of nitrogens with zero attached hydrogens (tertiary/aromatic N) is 1. The number of nitrogens with two attached hydrogens (primary N) is 1. The van der Waals surface area contributed by atoms with E-state index in [0.29, 0.717) is 13.2 Å². The van der Waals surface area contributed by atoms with Crippen molar-refractivity contribution in [1.29, 1.82) is 0 Å². The van der Waals surface area contributed by atoms with Crippen LogP contribution >= 0.6 is 0 Å². The second kappa shape index (κ2) is 7.14. The number of piperidine rings is 1. The summed E-state index contributed by atoms with van der Waals surface area (Å²) in [6.45, 7) is 4.06. The van der Waals surface area contributed by atoms with Gasteiger partial charge in [0.15, 0.2) is 0 Å². The molecule has 1 aliphatic rings. The van der Waals surface area contributed by atoms with Crippen LogP contribution in [0.3, 0.4) is 0 Å². The van der Waals surface area contributed by atoms with Crippen LogP contribution in [0.2, 0.25) is 0 Å². The van der Waals surface area contributed by atoms with Gasteiger partial charge in [-0.2, -0.15) is 0 Å². The van der Waals surface area contributed by atoms with E-state index in [0.717, 1.165) is 30.9 Å². The molecule has 1 amide bonds. The minimum absolute atomic E-state index is 0.00927. The molecule has 1 aromatic carbocycles. The summed E-state index contributed by atoms with van der Waals surface area (Å²) in [5.74, 6) is 1.63. The van der Waals surface area contributed by atoms with Crippen molar-refractivity contribution < 1.29 is 14.3 Å². The first-order chi connectivity index (χ1) is 9.72. The molecule has 1 aromatic rings. The Balaban J connectivity index is 1.90. The molecular formula is C15H22N2O3. The van der Waals surface area contributed by atoms with Gasteiger partial charge in [0, 0.05) is 6.54 Å². The first kappa shape index (κ1) is 14.7. The van der Waals surface area contributed by atoms with Crippen molar-refractivity contribution in [2.75, 3.05) is 26.2 Å². The van der Waals surface area contributed by atoms with Gasteiger partial charge in [0.2, 0.25) is 5.91 Å². The molecule has 0 spiro atoms. The van der Waals surface area contributed by atoms with E-state index in [9.17, 15) is 4.79 Å². The summed E-state index contributed by atoms with van der Waals surface area (Å²) in [4.78, 5) is 13.4. The van der Waals surface area contributed by atoms with Crippen molar-refractivity contribution in [3.63, 3.8) is 0 Å². The molecule has 0 aromatic heterocycles. The van der Waals surface area contributed by atoms with Crippen LogP contribution in [0.4, 0.5) is 0 Å². The average Bonchev–Trinajstić information content (AvgIpc) is 2.49. The van der Waals surface area contributed by atoms with Gasteiger partial charge in [0.1, 0.15) is 17.6 Å². The van der Waals surface area contributed by atoms with Gasteiger partial charge in [-0.15, -0.1) is 0 Å². The Morgan fingerprint density at radius 3 is 2.70 bits per heavy atom. The van der Waals surface area contributed by atoms with E-state index < -0.39 is 0 Å². The fourth-order valence-electron chi connectivity index (χ4n) is 2.36. The lowest BCUT2D eigenvalue weighted by atomic mass is 10.1. The van der Waals surface area contributed by atoms with Crippen LogP contribution in [0.1, 0.15) is 19.8 Å². The van der Waals surface area contributed by atoms with Gasteiger partial charge in [0.05, 0.1) is 19.7 Å². The number of rotatable bonds is 5. The minimum Gasteiger partial charge on any atom is -0.494 e. The summed E-state index contributed by atoms with van der Waals surface area (Å²) in [5.41, 5.74) is 5.40. The normalized spacial score (nSPS) is 18.7. The van der Waals surface area contributed by atoms with Gasteiger partial charge >= 0.3 is 0 Å². The number of ether oxygens (including phenoxy) is 2. The summed E-state index contributed by atoms with van der Waals surface area (Å²) < 4.78 is 11.3. The van der Waals surface area contributed by atoms with E-state index in [1.807, 2.05) is 31.2 Å². The Morgan fingerprint density at radius 1 is 1.35 bits per heavy atom. The van der Waals surface area contributed by atoms with Crippen molar-refractivity contribution in [2.45, 2.75) is 25.9 Å². The van der Waals surface area contributed by atoms with Crippen molar-refractivity contribution in [3.8, 4) is 11.5 Å². The molecule has 0 radical (unpaired) electrons. The summed E-state index contributed by atoms with van der Waals surface area (Å²) in [5, 5.41) is 0. The largest absolute Gasteiger partial charge is 0.494 e. The van der Waals surface area contributed by atoms with E-state index in [-0.39, 0.29) is 18.6 Å². The Kier molecular flexibility index (Phi) is 5.24. The zero-order valence-corrected chi connectivity index (χ0v) is 11.9. The second-order valence-electron chi connectivity index (χ2n) is 4.83. The predicted molar refractivity (Wildman–Crippen MR) is 76.9 cm³/mol. The lowest BCUT2D eigenvalue weighted by Crippen LogP contribution is -2.46. The van der Waals surface area contributed by atoms with Crippen molar-refractivity contribution in [3.05, 3.63) is 24.3 Å². The first-order valence-corrected chi connectivity index (χ1v) is 7.10. The predicted octanol–water partition coefficient (Wildman–Crippen LogP) is 1.41. The zero-order chi connectivity index (χ0) is 14.4. The Hall–Kier alpha value is -1.75. The van der Waals surface area contributed by atoms with E-state index in [1.54, 1.807) is 4.90 Å². The number of carbonyl (C=O) groups excluding carboxylic acids is 1. The van der Waals surface area contributed by atoms with Crippen LogP contribution in [0.5, 0.6) is 11.5 Å². The molecule has 0 bridgehead atoms. The number of hydrogen-bond acceptors (Lipinski definition) is 4. The maximum absolute atomic E-state index is 11.6. The number of hydrogen-bond donors (Lipinski definition) is 1. The maximum Gasteiger partial charge on any atom is 0.236 e. The summed E-state index contributed by atoms with van der Waals surface area (Å²) in [6.07, 6.45) is 1.95. The van der Waals surface area contributed by atoms with Crippen LogP contribution in [-0.2, 0) is 4.79 Å². The molecule has 2 N–H and O–H groups in total. The number of likely N-dealkylation sites (tertiary alicyclic amines) is 1. The monoisotopic (exact) mass is 278 g/mol. The molecule has 1 saturated heterocycles. The quantitative estimate of drug-likeness (QED) is 0.884. The Labute approximate surface area is 119 Å². The summed E-state index contributed by atoms with van der Waals surface area (Å²) in [6, 6.07) is 7.58. The Morgan fingerprint density at radius 2 is 2.05 bits per heavy atom. The van der Waals surface area contributed by atoms with Gasteiger partial charge in [0.25, 0.3) is 0 Å². The van der Waals surface area contributed by atoms with Gasteiger partial charge in [-0.1, -0.05) is 0 Å². The molecule has 1 fully saturated rings. The van der Waals surface area contributed by atoms with Crippen LogP contribution in [0, 0.1) is 0 Å². The highest BCUT2D eigenvalue weighted by Crippen LogP contribution is 2.21. The lowest BCUT2D eigenvalue weighted by molar-refractivity contribution is -0.132. The number of carbonyl (C=O) groups is 1. The van der Waals surface area contributed by atoms with Gasteiger partial charge in [-0.3, -0.25) is 4.79 Å². The molecule has 110 valence electrons. The standard InChI is InChI=1S/C15H22N2O3/c1-2-19-12-5-7-13(8-6-12)20-14-4-3-9-17(11-14)15(18)10-16/h5-8,14H,2-4,9-11,16H2,1H3. The Bertz CT molecular complexity index is 433. The summed E-state index contributed by atoms with van der Waals surface area (Å²) in [7, 11) is 0. The van der Waals surface area contributed by atoms with E-state index in [2.05, 4.69) is 0 Å². The van der Waals surface area contributed by atoms with Crippen molar-refractivity contribution in [1.82, 2.24) is 4.90 Å². The molecule has 1 heterocycles. The van der Waals surface area contributed by atoms with Gasteiger partial charge in [-0.05, 0) is 44.0 Å². The van der Waals surface area contributed by atoms with Gasteiger partial charge in [-0.25, -0.2) is 0 Å². The third-order valence-electron chi connectivity index (χ3n) is 3.34. The average molecular weight is 278 g/mol. The lowest BCUT2D eigenvalue weighted by Gasteiger charge is -2.32. The number of amides is 1. The third-order valence-corrected chi connectivity index (χ3v) is 3.34. The maximum atomic E-state index is 11.6. The number of benzene rings is 1. The van der Waals surface area contributed by atoms with Crippen LogP contribution in [0.25, 0.3) is 0 Å². The highest BCUT2D eigenvalue weighted by molar-refractivity contribution is 5.78. The van der Waals surface area contributed by atoms with Crippen LogP contribution in [0.15, 0.2) is 24.3 Å². The van der Waals surface area contributed by atoms with Gasteiger partial charge < -0.3 is 20.1 Å². The fourth-order valence-corrected chi connectivity index (χ4v) is 2.36. The van der Waals surface area contributed by atoms with Crippen molar-refractivity contribution in [2.24, 2.45) is 5.73 Å². The minimum atomic E-state index is -0.00927. The highest BCUT2D eigenvalue weighted by Gasteiger charge is 2.23. The van der Waals surface area contributed by atoms with E-state index in [1.165, 1.54) is 0 Å². The van der Waals surface area contributed by atoms with E-state index >= 15 is 0 Å². The van der Waals surface area contributed by atoms with Crippen molar-refractivity contribution >= 4 is 5.91 Å². The molecule has 1 unspecified atom stereocenters. The summed E-state index contributed by atoms with van der Waals surface area (Å²) >= 11 is 0. The second-order valence-corrected chi connectivity index (χ2v) is 4.83. The molecule has 0 saturated carbocycles. The molecule has 2 rings (SSSR count). The molecule has 20 heavy (non-hydrogen) atoms. The van der Waals surface area contributed by atoms with E-state index in [4.69, 9.17) is 15.2 Å². The highest BCUT2D eigenvalue weighted by atomic mass is 16.5. The molecule has 1 atom stereocenters. The first-order valence-electron chi connectivity index (χ1n) is 7.10. The SMILES string of the molecule is CCOc1ccc(OC2CCCN(C(=O)CN)C2)cc1. The van der Waals surface area contributed by atoms with Crippen LogP contribution < -0.4 is 15.2 Å². The fraction of sp³-hybridized carbons (Fsp3) is 0.533. The molecule has 1 aliphatic heterocycles. The topological polar surface area (TPSA) is 64.8 Å². The van der Waals surface area contributed by atoms with Crippen LogP contribution in [-0.4, -0.2) is 43.2 Å².